The van der Waals surface area contributed by atoms with Gasteiger partial charge in [-0.15, -0.1) is 10.2 Å². The molecule has 3 rings (SSSR count). The van der Waals surface area contributed by atoms with Crippen molar-refractivity contribution in [2.75, 3.05) is 17.7 Å². The normalized spacial score (nSPS) is 10.3. The van der Waals surface area contributed by atoms with E-state index in [0.717, 1.165) is 11.3 Å². The Morgan fingerprint density at radius 1 is 1.04 bits per heavy atom. The number of anilines is 3. The summed E-state index contributed by atoms with van der Waals surface area (Å²) >= 11 is 0. The van der Waals surface area contributed by atoms with Crippen molar-refractivity contribution in [3.8, 4) is 5.75 Å². The van der Waals surface area contributed by atoms with E-state index in [1.807, 2.05) is 25.1 Å². The maximum atomic E-state index is 12.9. The monoisotopic (exact) mass is 366 g/mol. The van der Waals surface area contributed by atoms with Gasteiger partial charge in [-0.1, -0.05) is 18.2 Å². The van der Waals surface area contributed by atoms with E-state index >= 15 is 0 Å². The lowest BCUT2D eigenvalue weighted by Crippen LogP contribution is -2.15. The van der Waals surface area contributed by atoms with Gasteiger partial charge in [0.15, 0.2) is 11.6 Å². The molecule has 0 atom stereocenters. The van der Waals surface area contributed by atoms with Crippen LogP contribution in [-0.2, 0) is 11.2 Å². The third kappa shape index (κ3) is 5.01. The molecule has 0 bridgehead atoms. The molecular weight excluding hydrogens is 347 g/mol. The Morgan fingerprint density at radius 2 is 1.74 bits per heavy atom. The molecule has 0 unspecified atom stereocenters. The number of rotatable bonds is 6. The average Bonchev–Trinajstić information content (AvgIpc) is 2.65. The maximum absolute atomic E-state index is 12.9. The number of carbonyl (C=O) groups is 1. The van der Waals surface area contributed by atoms with Crippen LogP contribution in [0.2, 0.25) is 0 Å². The van der Waals surface area contributed by atoms with E-state index in [4.69, 9.17) is 4.74 Å². The Balaban J connectivity index is 1.62. The molecule has 2 aromatic carbocycles. The van der Waals surface area contributed by atoms with Crippen LogP contribution in [0.5, 0.6) is 5.75 Å². The van der Waals surface area contributed by atoms with Crippen LogP contribution in [0.15, 0.2) is 54.6 Å². The lowest BCUT2D eigenvalue weighted by Gasteiger charge is -2.11. The summed E-state index contributed by atoms with van der Waals surface area (Å²) < 4.78 is 18.2. The molecule has 0 radical (unpaired) electrons. The highest BCUT2D eigenvalue weighted by atomic mass is 19.1. The SMILES string of the molecule is COc1ccc(C)cc1Nc1ccc(NC(=O)Cc2ccc(F)cc2)nn1. The highest BCUT2D eigenvalue weighted by Gasteiger charge is 2.08. The second kappa shape index (κ2) is 8.27. The summed E-state index contributed by atoms with van der Waals surface area (Å²) in [7, 11) is 1.60. The largest absolute Gasteiger partial charge is 0.495 e. The molecule has 2 N–H and O–H groups in total. The molecule has 6 nitrogen and oxygen atoms in total. The molecule has 27 heavy (non-hydrogen) atoms. The van der Waals surface area contributed by atoms with Crippen molar-refractivity contribution in [2.24, 2.45) is 0 Å². The summed E-state index contributed by atoms with van der Waals surface area (Å²) in [6.45, 7) is 1.98. The van der Waals surface area contributed by atoms with E-state index in [9.17, 15) is 9.18 Å². The Morgan fingerprint density at radius 3 is 2.41 bits per heavy atom. The highest BCUT2D eigenvalue weighted by molar-refractivity contribution is 5.91. The fourth-order valence-electron chi connectivity index (χ4n) is 2.50. The first-order valence-electron chi connectivity index (χ1n) is 8.33. The summed E-state index contributed by atoms with van der Waals surface area (Å²) in [5.74, 6) is 0.966. The third-order valence-corrected chi connectivity index (χ3v) is 3.83. The number of amides is 1. The summed E-state index contributed by atoms with van der Waals surface area (Å²) in [6.07, 6.45) is 0.127. The van der Waals surface area contributed by atoms with Gasteiger partial charge >= 0.3 is 0 Å². The van der Waals surface area contributed by atoms with Crippen LogP contribution < -0.4 is 15.4 Å². The standard InChI is InChI=1S/C20H19FN4O2/c1-13-3-8-17(27-2)16(11-13)22-18-9-10-19(25-24-18)23-20(26)12-14-4-6-15(21)7-5-14/h3-11H,12H2,1-2H3,(H,22,24)(H,23,25,26). The van der Waals surface area contributed by atoms with E-state index in [0.29, 0.717) is 22.9 Å². The molecule has 1 heterocycles. The first-order chi connectivity index (χ1) is 13.0. The first kappa shape index (κ1) is 18.3. The van der Waals surface area contributed by atoms with Crippen LogP contribution in [0.25, 0.3) is 0 Å². The van der Waals surface area contributed by atoms with Crippen LogP contribution in [0, 0.1) is 12.7 Å². The zero-order valence-corrected chi connectivity index (χ0v) is 15.0. The van der Waals surface area contributed by atoms with Gasteiger partial charge in [0.05, 0.1) is 19.2 Å². The summed E-state index contributed by atoms with van der Waals surface area (Å²) in [6, 6.07) is 14.9. The Bertz CT molecular complexity index is 928. The zero-order chi connectivity index (χ0) is 19.2. The molecule has 0 saturated heterocycles. The number of nitrogens with one attached hydrogen (secondary N) is 2. The van der Waals surface area contributed by atoms with E-state index in [-0.39, 0.29) is 18.1 Å². The second-order valence-electron chi connectivity index (χ2n) is 5.98. The van der Waals surface area contributed by atoms with Gasteiger partial charge in [-0.05, 0) is 54.4 Å². The van der Waals surface area contributed by atoms with Gasteiger partial charge in [-0.25, -0.2) is 4.39 Å². The molecule has 0 spiro atoms. The van der Waals surface area contributed by atoms with Crippen molar-refractivity contribution in [3.63, 3.8) is 0 Å². The number of methoxy groups -OCH3 is 1. The number of nitrogens with zero attached hydrogens (tertiary/aromatic N) is 2. The van der Waals surface area contributed by atoms with Gasteiger partial charge in [-0.3, -0.25) is 4.79 Å². The van der Waals surface area contributed by atoms with E-state index < -0.39 is 0 Å². The molecule has 0 aliphatic heterocycles. The summed E-state index contributed by atoms with van der Waals surface area (Å²) in [5, 5.41) is 13.9. The van der Waals surface area contributed by atoms with Crippen molar-refractivity contribution >= 4 is 23.2 Å². The lowest BCUT2D eigenvalue weighted by molar-refractivity contribution is -0.115. The van der Waals surface area contributed by atoms with Crippen LogP contribution in [0.1, 0.15) is 11.1 Å². The number of aryl methyl sites for hydroxylation is 1. The molecule has 0 aliphatic rings. The zero-order valence-electron chi connectivity index (χ0n) is 15.0. The molecule has 0 saturated carbocycles. The van der Waals surface area contributed by atoms with Crippen LogP contribution in [0.4, 0.5) is 21.7 Å². The molecule has 1 amide bonds. The highest BCUT2D eigenvalue weighted by Crippen LogP contribution is 2.27. The second-order valence-corrected chi connectivity index (χ2v) is 5.98. The number of hydrogen-bond acceptors (Lipinski definition) is 5. The molecule has 0 fully saturated rings. The van der Waals surface area contributed by atoms with Gasteiger partial charge in [-0.2, -0.15) is 0 Å². The average molecular weight is 366 g/mol. The molecule has 0 aliphatic carbocycles. The fourth-order valence-corrected chi connectivity index (χ4v) is 2.50. The fraction of sp³-hybridized carbons (Fsp3) is 0.150. The quantitative estimate of drug-likeness (QED) is 0.693. The van der Waals surface area contributed by atoms with E-state index in [1.165, 1.54) is 12.1 Å². The van der Waals surface area contributed by atoms with E-state index in [1.54, 1.807) is 31.4 Å². The predicted octanol–water partition coefficient (Wildman–Crippen LogP) is 3.86. The van der Waals surface area contributed by atoms with Crippen molar-refractivity contribution in [3.05, 3.63) is 71.5 Å². The molecule has 138 valence electrons. The number of carbonyl (C=O) groups excluding carboxylic acids is 1. The smallest absolute Gasteiger partial charge is 0.229 e. The van der Waals surface area contributed by atoms with Crippen molar-refractivity contribution in [2.45, 2.75) is 13.3 Å². The lowest BCUT2D eigenvalue weighted by atomic mass is 10.1. The summed E-state index contributed by atoms with van der Waals surface area (Å²) in [5.41, 5.74) is 2.57. The van der Waals surface area contributed by atoms with Crippen LogP contribution in [0.3, 0.4) is 0 Å². The maximum Gasteiger partial charge on any atom is 0.229 e. The number of ether oxygens (including phenoxy) is 1. The van der Waals surface area contributed by atoms with Gasteiger partial charge in [0.25, 0.3) is 0 Å². The number of aromatic nitrogens is 2. The minimum Gasteiger partial charge on any atom is -0.495 e. The van der Waals surface area contributed by atoms with E-state index in [2.05, 4.69) is 20.8 Å². The van der Waals surface area contributed by atoms with Crippen molar-refractivity contribution < 1.29 is 13.9 Å². The Hall–Kier alpha value is -3.48. The van der Waals surface area contributed by atoms with Gasteiger partial charge in [0, 0.05) is 0 Å². The minimum atomic E-state index is -0.335. The van der Waals surface area contributed by atoms with Crippen LogP contribution >= 0.6 is 0 Å². The molecular formula is C20H19FN4O2. The Labute approximate surface area is 156 Å². The van der Waals surface area contributed by atoms with Gasteiger partial charge < -0.3 is 15.4 Å². The molecule has 1 aromatic heterocycles. The Kier molecular flexibility index (Phi) is 5.61. The third-order valence-electron chi connectivity index (χ3n) is 3.83. The number of benzene rings is 2. The van der Waals surface area contributed by atoms with Crippen LogP contribution in [-0.4, -0.2) is 23.2 Å². The first-order valence-corrected chi connectivity index (χ1v) is 8.33. The predicted molar refractivity (Wildman–Crippen MR) is 102 cm³/mol. The minimum absolute atomic E-state index is 0.127. The molecule has 7 heteroatoms. The topological polar surface area (TPSA) is 76.1 Å². The summed E-state index contributed by atoms with van der Waals surface area (Å²) in [4.78, 5) is 12.1. The van der Waals surface area contributed by atoms with Crippen molar-refractivity contribution in [1.29, 1.82) is 0 Å². The van der Waals surface area contributed by atoms with Crippen molar-refractivity contribution in [1.82, 2.24) is 10.2 Å². The van der Waals surface area contributed by atoms with Gasteiger partial charge in [0.2, 0.25) is 5.91 Å². The number of hydrogen-bond donors (Lipinski definition) is 2. The number of halogens is 1. The molecule has 3 aromatic rings. The van der Waals surface area contributed by atoms with Gasteiger partial charge in [0.1, 0.15) is 11.6 Å².